The van der Waals surface area contributed by atoms with Crippen LogP contribution in [0, 0.1) is 5.92 Å². The number of hydrogen-bond acceptors (Lipinski definition) is 2. The Morgan fingerprint density at radius 1 is 1.22 bits per heavy atom. The standard InChI is InChI=1S/C16H27NO/c1-3-4-8-16(14-17-11-12-18-2)13-15-9-6-5-7-10-15/h5-7,9-10,16-17H,3-4,8,11-14H2,1-2H3. The number of methoxy groups -OCH3 is 1. The smallest absolute Gasteiger partial charge is 0.0587 e. The van der Waals surface area contributed by atoms with Gasteiger partial charge in [0.05, 0.1) is 6.61 Å². The van der Waals surface area contributed by atoms with Crippen molar-refractivity contribution in [3.05, 3.63) is 35.9 Å². The summed E-state index contributed by atoms with van der Waals surface area (Å²) < 4.78 is 5.06. The van der Waals surface area contributed by atoms with E-state index in [1.807, 2.05) is 0 Å². The van der Waals surface area contributed by atoms with Crippen molar-refractivity contribution in [2.75, 3.05) is 26.8 Å². The van der Waals surface area contributed by atoms with Gasteiger partial charge in [-0.25, -0.2) is 0 Å². The van der Waals surface area contributed by atoms with Gasteiger partial charge in [0.15, 0.2) is 0 Å². The lowest BCUT2D eigenvalue weighted by atomic mass is 9.94. The van der Waals surface area contributed by atoms with Gasteiger partial charge in [0, 0.05) is 13.7 Å². The van der Waals surface area contributed by atoms with Gasteiger partial charge in [0.2, 0.25) is 0 Å². The van der Waals surface area contributed by atoms with Crippen molar-refractivity contribution in [1.82, 2.24) is 5.32 Å². The third kappa shape index (κ3) is 6.77. The predicted molar refractivity (Wildman–Crippen MR) is 77.9 cm³/mol. The van der Waals surface area contributed by atoms with E-state index in [2.05, 4.69) is 42.6 Å². The van der Waals surface area contributed by atoms with Gasteiger partial charge in [-0.3, -0.25) is 0 Å². The molecule has 1 aromatic carbocycles. The Labute approximate surface area is 112 Å². The minimum Gasteiger partial charge on any atom is -0.383 e. The van der Waals surface area contributed by atoms with E-state index in [0.717, 1.165) is 25.6 Å². The summed E-state index contributed by atoms with van der Waals surface area (Å²) in [5.41, 5.74) is 1.45. The van der Waals surface area contributed by atoms with Crippen molar-refractivity contribution >= 4 is 0 Å². The van der Waals surface area contributed by atoms with Crippen LogP contribution in [0.5, 0.6) is 0 Å². The number of unbranched alkanes of at least 4 members (excludes halogenated alkanes) is 1. The van der Waals surface area contributed by atoms with Gasteiger partial charge in [-0.2, -0.15) is 0 Å². The molecule has 1 unspecified atom stereocenters. The summed E-state index contributed by atoms with van der Waals surface area (Å²) in [5.74, 6) is 0.740. The van der Waals surface area contributed by atoms with E-state index in [9.17, 15) is 0 Å². The number of benzene rings is 1. The molecule has 0 spiro atoms. The largest absolute Gasteiger partial charge is 0.383 e. The maximum absolute atomic E-state index is 5.06. The monoisotopic (exact) mass is 249 g/mol. The van der Waals surface area contributed by atoms with E-state index >= 15 is 0 Å². The van der Waals surface area contributed by atoms with Gasteiger partial charge in [0.1, 0.15) is 0 Å². The van der Waals surface area contributed by atoms with Crippen molar-refractivity contribution in [3.8, 4) is 0 Å². The first kappa shape index (κ1) is 15.2. The fraction of sp³-hybridized carbons (Fsp3) is 0.625. The van der Waals surface area contributed by atoms with Gasteiger partial charge in [-0.05, 0) is 30.9 Å². The molecule has 2 nitrogen and oxygen atoms in total. The lowest BCUT2D eigenvalue weighted by Gasteiger charge is -2.17. The Morgan fingerprint density at radius 2 is 2.00 bits per heavy atom. The second-order valence-corrected chi connectivity index (χ2v) is 4.89. The number of ether oxygens (including phenoxy) is 1. The molecule has 0 aliphatic rings. The second-order valence-electron chi connectivity index (χ2n) is 4.89. The molecule has 1 rings (SSSR count). The molecule has 0 amide bonds. The first-order valence-corrected chi connectivity index (χ1v) is 7.10. The van der Waals surface area contributed by atoms with Gasteiger partial charge in [-0.15, -0.1) is 0 Å². The number of rotatable bonds is 10. The van der Waals surface area contributed by atoms with Gasteiger partial charge >= 0.3 is 0 Å². The summed E-state index contributed by atoms with van der Waals surface area (Å²) in [6.07, 6.45) is 5.10. The summed E-state index contributed by atoms with van der Waals surface area (Å²) in [6.45, 7) is 5.11. The lowest BCUT2D eigenvalue weighted by molar-refractivity contribution is 0.197. The van der Waals surface area contributed by atoms with Gasteiger partial charge < -0.3 is 10.1 Å². The average molecular weight is 249 g/mol. The van der Waals surface area contributed by atoms with E-state index in [-0.39, 0.29) is 0 Å². The maximum Gasteiger partial charge on any atom is 0.0587 e. The first-order valence-electron chi connectivity index (χ1n) is 7.10. The number of nitrogens with one attached hydrogen (secondary N) is 1. The van der Waals surface area contributed by atoms with E-state index in [1.54, 1.807) is 7.11 Å². The molecule has 1 atom stereocenters. The highest BCUT2D eigenvalue weighted by Crippen LogP contribution is 2.14. The molecule has 0 aliphatic heterocycles. The molecule has 1 aromatic rings. The van der Waals surface area contributed by atoms with Gasteiger partial charge in [0.25, 0.3) is 0 Å². The lowest BCUT2D eigenvalue weighted by Crippen LogP contribution is -2.27. The predicted octanol–water partition coefficient (Wildman–Crippen LogP) is 3.27. The molecule has 2 heteroatoms. The second kappa shape index (κ2) is 10.1. The van der Waals surface area contributed by atoms with Crippen LogP contribution in [0.25, 0.3) is 0 Å². The minimum absolute atomic E-state index is 0.740. The molecule has 0 aliphatic carbocycles. The summed E-state index contributed by atoms with van der Waals surface area (Å²) in [7, 11) is 1.75. The van der Waals surface area contributed by atoms with Crippen LogP contribution in [0.15, 0.2) is 30.3 Å². The van der Waals surface area contributed by atoms with Crippen LogP contribution in [0.1, 0.15) is 31.7 Å². The highest BCUT2D eigenvalue weighted by atomic mass is 16.5. The summed E-state index contributed by atoms with van der Waals surface area (Å²) in [5, 5.41) is 3.49. The molecule has 0 heterocycles. The third-order valence-electron chi connectivity index (χ3n) is 3.25. The molecule has 0 radical (unpaired) electrons. The van der Waals surface area contributed by atoms with E-state index in [0.29, 0.717) is 0 Å². The van der Waals surface area contributed by atoms with E-state index < -0.39 is 0 Å². The molecule has 0 saturated carbocycles. The Kier molecular flexibility index (Phi) is 8.53. The minimum atomic E-state index is 0.740. The Balaban J connectivity index is 2.35. The molecule has 0 bridgehead atoms. The number of hydrogen-bond donors (Lipinski definition) is 1. The average Bonchev–Trinajstić information content (AvgIpc) is 2.41. The quantitative estimate of drug-likeness (QED) is 0.643. The molecule has 0 aromatic heterocycles. The zero-order valence-electron chi connectivity index (χ0n) is 11.8. The Morgan fingerprint density at radius 3 is 2.67 bits per heavy atom. The van der Waals surface area contributed by atoms with Crippen LogP contribution in [-0.4, -0.2) is 26.8 Å². The molecular formula is C16H27NO. The zero-order valence-corrected chi connectivity index (χ0v) is 11.8. The molecule has 0 saturated heterocycles. The highest BCUT2D eigenvalue weighted by molar-refractivity contribution is 5.15. The van der Waals surface area contributed by atoms with E-state index in [4.69, 9.17) is 4.74 Å². The van der Waals surface area contributed by atoms with Crippen molar-refractivity contribution in [2.24, 2.45) is 5.92 Å². The van der Waals surface area contributed by atoms with E-state index in [1.165, 1.54) is 31.2 Å². The van der Waals surface area contributed by atoms with Crippen molar-refractivity contribution in [1.29, 1.82) is 0 Å². The van der Waals surface area contributed by atoms with Crippen LogP contribution in [0.3, 0.4) is 0 Å². The topological polar surface area (TPSA) is 21.3 Å². The third-order valence-corrected chi connectivity index (χ3v) is 3.25. The van der Waals surface area contributed by atoms with Crippen molar-refractivity contribution < 1.29 is 4.74 Å². The summed E-state index contributed by atoms with van der Waals surface area (Å²) in [4.78, 5) is 0. The zero-order chi connectivity index (χ0) is 13.1. The Bertz CT molecular complexity index is 286. The molecule has 1 N–H and O–H groups in total. The van der Waals surface area contributed by atoms with Gasteiger partial charge in [-0.1, -0.05) is 50.1 Å². The SMILES string of the molecule is CCCCC(CNCCOC)Cc1ccccc1. The fourth-order valence-electron chi connectivity index (χ4n) is 2.20. The molecule has 102 valence electrons. The van der Waals surface area contributed by atoms with Crippen LogP contribution < -0.4 is 5.32 Å². The summed E-state index contributed by atoms with van der Waals surface area (Å²) >= 11 is 0. The van der Waals surface area contributed by atoms with Crippen LogP contribution in [0.2, 0.25) is 0 Å². The molecule has 0 fully saturated rings. The van der Waals surface area contributed by atoms with Crippen LogP contribution >= 0.6 is 0 Å². The van der Waals surface area contributed by atoms with Crippen LogP contribution in [-0.2, 0) is 11.2 Å². The normalized spacial score (nSPS) is 12.6. The Hall–Kier alpha value is -0.860. The highest BCUT2D eigenvalue weighted by Gasteiger charge is 2.08. The molecule has 18 heavy (non-hydrogen) atoms. The fourth-order valence-corrected chi connectivity index (χ4v) is 2.20. The first-order chi connectivity index (χ1) is 8.86. The maximum atomic E-state index is 5.06. The van der Waals surface area contributed by atoms with Crippen molar-refractivity contribution in [3.63, 3.8) is 0 Å². The summed E-state index contributed by atoms with van der Waals surface area (Å²) in [6, 6.07) is 10.8. The van der Waals surface area contributed by atoms with Crippen LogP contribution in [0.4, 0.5) is 0 Å². The van der Waals surface area contributed by atoms with Crippen molar-refractivity contribution in [2.45, 2.75) is 32.6 Å². The molecular weight excluding hydrogens is 222 g/mol.